The highest BCUT2D eigenvalue weighted by Crippen LogP contribution is 2.03. The van der Waals surface area contributed by atoms with E-state index in [1.807, 2.05) is 13.8 Å². The van der Waals surface area contributed by atoms with E-state index in [2.05, 4.69) is 4.85 Å². The molecule has 0 fully saturated rings. The van der Waals surface area contributed by atoms with Gasteiger partial charge >= 0.3 is 11.9 Å². The molecule has 0 N–H and O–H groups in total. The van der Waals surface area contributed by atoms with E-state index in [0.29, 0.717) is 39.1 Å². The van der Waals surface area contributed by atoms with Gasteiger partial charge in [-0.05, 0) is 70.2 Å². The minimum Gasteiger partial charge on any atom is -0.464 e. The Morgan fingerprint density at radius 2 is 1.28 bits per heavy atom. The lowest BCUT2D eigenvalue weighted by Crippen LogP contribution is -2.26. The van der Waals surface area contributed by atoms with Gasteiger partial charge in [-0.15, -0.1) is 0 Å². The smallest absolute Gasteiger partial charge is 0.325 e. The van der Waals surface area contributed by atoms with Gasteiger partial charge in [0.25, 0.3) is 5.70 Å². The van der Waals surface area contributed by atoms with Crippen molar-refractivity contribution in [1.29, 1.82) is 15.8 Å². The van der Waals surface area contributed by atoms with Gasteiger partial charge in [0.2, 0.25) is 0 Å². The maximum absolute atomic E-state index is 12.0. The zero-order chi connectivity index (χ0) is 27.0. The number of allylic oxidation sites excluding steroid dienone is 6. The lowest BCUT2D eigenvalue weighted by Gasteiger charge is -2.17. The number of likely N-dealkylation sites (N-methyl/N-ethyl adjacent to an activating group) is 2. The summed E-state index contributed by atoms with van der Waals surface area (Å²) in [7, 11) is 0. The molecule has 0 aromatic rings. The van der Waals surface area contributed by atoms with E-state index in [-0.39, 0.29) is 36.3 Å². The molecule has 0 aliphatic heterocycles. The Morgan fingerprint density at radius 3 is 1.67 bits per heavy atom. The largest absolute Gasteiger partial charge is 0.464 e. The predicted octanol–water partition coefficient (Wildman–Crippen LogP) is 3.60. The highest BCUT2D eigenvalue weighted by molar-refractivity contribution is 5.72. The van der Waals surface area contributed by atoms with Crippen LogP contribution in [0.1, 0.15) is 39.5 Å². The minimum absolute atomic E-state index is 0.0163. The van der Waals surface area contributed by atoms with Crippen molar-refractivity contribution in [3.05, 3.63) is 59.4 Å². The molecule has 0 heterocycles. The Kier molecular flexibility index (Phi) is 18.4. The van der Waals surface area contributed by atoms with E-state index in [1.165, 1.54) is 12.2 Å². The molecule has 10 heteroatoms. The topological polar surface area (TPSA) is 135 Å². The zero-order valence-electron chi connectivity index (χ0n) is 20.9. The van der Waals surface area contributed by atoms with Crippen molar-refractivity contribution in [3.8, 4) is 18.2 Å². The summed E-state index contributed by atoms with van der Waals surface area (Å²) in [5, 5.41) is 26.1. The molecule has 0 bridgehead atoms. The van der Waals surface area contributed by atoms with E-state index in [1.54, 1.807) is 52.6 Å². The van der Waals surface area contributed by atoms with Gasteiger partial charge in [0.05, 0.1) is 25.9 Å². The molecule has 0 amide bonds. The monoisotopic (exact) mass is 492 g/mol. The van der Waals surface area contributed by atoms with Crippen LogP contribution in [0.2, 0.25) is 0 Å². The average Bonchev–Trinajstić information content (AvgIpc) is 2.89. The molecular weight excluding hydrogens is 460 g/mol. The third-order valence-corrected chi connectivity index (χ3v) is 4.63. The molecule has 0 aromatic heterocycles. The number of carbonyl (C=O) groups is 2. The number of esters is 2. The number of carbonyl (C=O) groups excluding carboxylic acids is 2. The number of ether oxygens (including phenoxy) is 2. The number of hydrogen-bond donors (Lipinski definition) is 0. The van der Waals surface area contributed by atoms with Gasteiger partial charge in [-0.3, -0.25) is 9.59 Å². The quantitative estimate of drug-likeness (QED) is 0.0980. The Labute approximate surface area is 213 Å². The minimum atomic E-state index is -0.358. The van der Waals surface area contributed by atoms with Crippen LogP contribution < -0.4 is 0 Å². The molecule has 10 nitrogen and oxygen atoms in total. The van der Waals surface area contributed by atoms with Crippen LogP contribution in [0.15, 0.2) is 48.0 Å². The van der Waals surface area contributed by atoms with Crippen molar-refractivity contribution in [2.24, 2.45) is 0 Å². The molecule has 0 saturated heterocycles. The van der Waals surface area contributed by atoms with E-state index < -0.39 is 0 Å². The van der Waals surface area contributed by atoms with Crippen LogP contribution in [0.5, 0.6) is 0 Å². The fourth-order valence-corrected chi connectivity index (χ4v) is 2.61. The number of nitriles is 3. The highest BCUT2D eigenvalue weighted by atomic mass is 16.5. The fraction of sp³-hybridized carbons (Fsp3) is 0.462. The molecule has 0 atom stereocenters. The van der Waals surface area contributed by atoms with Gasteiger partial charge in [-0.25, -0.2) is 10.1 Å². The summed E-state index contributed by atoms with van der Waals surface area (Å²) in [5.41, 5.74) is -0.0472. The number of nitrogens with zero attached hydrogens (tertiary/aromatic N) is 6. The van der Waals surface area contributed by atoms with Crippen LogP contribution in [0.3, 0.4) is 0 Å². The van der Waals surface area contributed by atoms with E-state index in [0.717, 1.165) is 12.8 Å². The molecule has 0 aliphatic carbocycles. The van der Waals surface area contributed by atoms with Gasteiger partial charge in [-0.1, -0.05) is 6.08 Å². The average molecular weight is 493 g/mol. The maximum atomic E-state index is 12.0. The second-order valence-electron chi connectivity index (χ2n) is 7.24. The van der Waals surface area contributed by atoms with Gasteiger partial charge in [0.15, 0.2) is 0 Å². The van der Waals surface area contributed by atoms with Gasteiger partial charge in [-0.2, -0.15) is 10.5 Å². The van der Waals surface area contributed by atoms with E-state index >= 15 is 0 Å². The van der Waals surface area contributed by atoms with Crippen LogP contribution in [-0.4, -0.2) is 61.1 Å². The van der Waals surface area contributed by atoms with Gasteiger partial charge in [0.1, 0.15) is 30.8 Å². The van der Waals surface area contributed by atoms with Crippen LogP contribution >= 0.6 is 0 Å². The Bertz CT molecular complexity index is 874. The second-order valence-corrected chi connectivity index (χ2v) is 7.24. The molecule has 0 aromatic carbocycles. The number of hydrogen-bond acceptors (Lipinski definition) is 9. The molecule has 0 rings (SSSR count). The van der Waals surface area contributed by atoms with E-state index in [4.69, 9.17) is 31.8 Å². The van der Waals surface area contributed by atoms with Crippen LogP contribution in [-0.2, 0) is 19.1 Å². The maximum Gasteiger partial charge on any atom is 0.325 e. The van der Waals surface area contributed by atoms with E-state index in [9.17, 15) is 9.59 Å². The first-order valence-corrected chi connectivity index (χ1v) is 11.6. The fourth-order valence-electron chi connectivity index (χ4n) is 2.61. The molecule has 36 heavy (non-hydrogen) atoms. The first-order chi connectivity index (χ1) is 17.4. The number of unbranched alkanes of at least 4 members (excludes halogenated alkanes) is 3. The van der Waals surface area contributed by atoms with Crippen molar-refractivity contribution in [3.63, 3.8) is 0 Å². The van der Waals surface area contributed by atoms with Crippen LogP contribution in [0, 0.1) is 40.6 Å². The lowest BCUT2D eigenvalue weighted by atomic mass is 10.2. The highest BCUT2D eigenvalue weighted by Gasteiger charge is 2.08. The summed E-state index contributed by atoms with van der Waals surface area (Å²) in [4.78, 5) is 30.4. The van der Waals surface area contributed by atoms with Crippen molar-refractivity contribution in [2.75, 3.05) is 39.4 Å². The molecule has 0 aliphatic rings. The Balaban J connectivity index is 4.05. The normalized spacial score (nSPS) is 10.6. The van der Waals surface area contributed by atoms with Crippen molar-refractivity contribution in [1.82, 2.24) is 9.80 Å². The molecule has 190 valence electrons. The van der Waals surface area contributed by atoms with Crippen molar-refractivity contribution in [2.45, 2.75) is 39.5 Å². The summed E-state index contributed by atoms with van der Waals surface area (Å²) < 4.78 is 10.5. The lowest BCUT2D eigenvalue weighted by molar-refractivity contribution is -0.145. The summed E-state index contributed by atoms with van der Waals surface area (Å²) in [6, 6.07) is 5.28. The Morgan fingerprint density at radius 1 is 0.806 bits per heavy atom. The van der Waals surface area contributed by atoms with Gasteiger partial charge < -0.3 is 19.3 Å². The first-order valence-electron chi connectivity index (χ1n) is 11.6. The van der Waals surface area contributed by atoms with Crippen molar-refractivity contribution < 1.29 is 19.1 Å². The SMILES string of the molecule is [C-]#[N+]/C(C#N)=C/C=C/N(CC)CC(=O)OCCCCCCOC(=O)CN(/C=C/C=C(C#N)C#N)CC. The third-order valence-electron chi connectivity index (χ3n) is 4.63. The summed E-state index contributed by atoms with van der Waals surface area (Å²) >= 11 is 0. The summed E-state index contributed by atoms with van der Waals surface area (Å²) in [6.45, 7) is 12.5. The summed E-state index contributed by atoms with van der Waals surface area (Å²) in [5.74, 6) is -0.713. The molecule has 0 radical (unpaired) electrons. The standard InChI is InChI=1S/C26H32N6O4/c1-4-31(14-10-12-23(18-27)19-28)21-25(33)35-16-8-6-7-9-17-36-26(34)22-32(5-2)15-11-13-24(20-29)30-3/h10-15H,4-9,16-17,21-22H2,1-2H3/b14-10+,15-11+,24-13+. The zero-order valence-corrected chi connectivity index (χ0v) is 20.9. The third kappa shape index (κ3) is 16.1. The first kappa shape index (κ1) is 31.5. The Hall–Kier alpha value is -4.54. The predicted molar refractivity (Wildman–Crippen MR) is 133 cm³/mol. The molecule has 0 spiro atoms. The molecule has 0 unspecified atom stereocenters. The van der Waals surface area contributed by atoms with Crippen LogP contribution in [0.25, 0.3) is 4.85 Å². The molecular formula is C26H32N6O4. The summed E-state index contributed by atoms with van der Waals surface area (Å²) in [6.07, 6.45) is 12.2. The van der Waals surface area contributed by atoms with Crippen LogP contribution in [0.4, 0.5) is 0 Å². The second kappa shape index (κ2) is 21.0. The van der Waals surface area contributed by atoms with Gasteiger partial charge in [0, 0.05) is 13.1 Å². The number of rotatable bonds is 17. The van der Waals surface area contributed by atoms with Crippen molar-refractivity contribution >= 4 is 11.9 Å². The molecule has 0 saturated carbocycles.